The number of ether oxygens (including phenoxy) is 1. The molecule has 1 unspecified atom stereocenters. The zero-order valence-electron chi connectivity index (χ0n) is 9.56. The smallest absolute Gasteiger partial charge is 0.188 e. The molecule has 0 aromatic heterocycles. The van der Waals surface area contributed by atoms with E-state index in [4.69, 9.17) is 4.74 Å². The van der Waals surface area contributed by atoms with Crippen LogP contribution in [-0.2, 0) is 9.53 Å². The predicted octanol–water partition coefficient (Wildman–Crippen LogP) is 3.11. The molecule has 2 aliphatic rings. The molecule has 17 heavy (non-hydrogen) atoms. The molecule has 1 aliphatic carbocycles. The van der Waals surface area contributed by atoms with Gasteiger partial charge in [-0.2, -0.15) is 0 Å². The Balaban J connectivity index is 1.96. The molecule has 1 heterocycles. The number of carbonyl (C=O) groups is 1. The van der Waals surface area contributed by atoms with Gasteiger partial charge in [0.15, 0.2) is 5.78 Å². The molecule has 2 heteroatoms. The molecule has 0 spiro atoms. The fourth-order valence-corrected chi connectivity index (χ4v) is 2.37. The number of rotatable bonds is 1. The van der Waals surface area contributed by atoms with Crippen molar-refractivity contribution in [2.45, 2.75) is 25.4 Å². The Morgan fingerprint density at radius 2 is 2.00 bits per heavy atom. The first-order chi connectivity index (χ1) is 8.34. The second kappa shape index (κ2) is 4.21. The molecule has 2 nitrogen and oxygen atoms in total. The summed E-state index contributed by atoms with van der Waals surface area (Å²) in [5.74, 6) is 0.819. The fraction of sp³-hybridized carbons (Fsp3) is 0.267. The summed E-state index contributed by atoms with van der Waals surface area (Å²) in [6.45, 7) is 0. The van der Waals surface area contributed by atoms with Crippen LogP contribution in [0.15, 0.2) is 48.1 Å². The standard InChI is InChI=1S/C15H14O2/c16-13-10-15(11-6-2-1-3-7-11)17-14-9-5-4-8-12(13)14/h1-3,6-8,10,14H,4-5,9H2. The normalized spacial score (nSPS) is 23.3. The van der Waals surface area contributed by atoms with Gasteiger partial charge in [-0.25, -0.2) is 0 Å². The molecule has 1 aromatic carbocycles. The minimum absolute atomic E-state index is 0.0311. The fourth-order valence-electron chi connectivity index (χ4n) is 2.37. The zero-order valence-corrected chi connectivity index (χ0v) is 9.56. The summed E-state index contributed by atoms with van der Waals surface area (Å²) in [4.78, 5) is 12.0. The Labute approximate surface area is 101 Å². The number of fused-ring (bicyclic) bond motifs is 1. The highest BCUT2D eigenvalue weighted by atomic mass is 16.5. The second-order valence-electron chi connectivity index (χ2n) is 4.44. The van der Waals surface area contributed by atoms with Gasteiger partial charge >= 0.3 is 0 Å². The first-order valence-corrected chi connectivity index (χ1v) is 6.03. The molecule has 0 N–H and O–H groups in total. The largest absolute Gasteiger partial charge is 0.485 e. The summed E-state index contributed by atoms with van der Waals surface area (Å²) in [5, 5.41) is 0. The maximum Gasteiger partial charge on any atom is 0.188 e. The van der Waals surface area contributed by atoms with Crippen LogP contribution in [0.1, 0.15) is 24.8 Å². The molecule has 1 aliphatic heterocycles. The van der Waals surface area contributed by atoms with Gasteiger partial charge in [0.25, 0.3) is 0 Å². The van der Waals surface area contributed by atoms with Crippen molar-refractivity contribution < 1.29 is 9.53 Å². The van der Waals surface area contributed by atoms with E-state index >= 15 is 0 Å². The van der Waals surface area contributed by atoms with Gasteiger partial charge in [-0.3, -0.25) is 4.79 Å². The molecule has 86 valence electrons. The van der Waals surface area contributed by atoms with Crippen LogP contribution in [0.5, 0.6) is 0 Å². The van der Waals surface area contributed by atoms with E-state index in [9.17, 15) is 4.79 Å². The van der Waals surface area contributed by atoms with Gasteiger partial charge in [-0.05, 0) is 19.3 Å². The molecule has 0 saturated heterocycles. The van der Waals surface area contributed by atoms with Crippen LogP contribution in [0.4, 0.5) is 0 Å². The average Bonchev–Trinajstić information content (AvgIpc) is 2.40. The van der Waals surface area contributed by atoms with Crippen molar-refractivity contribution in [1.82, 2.24) is 0 Å². The van der Waals surface area contributed by atoms with Crippen molar-refractivity contribution >= 4 is 11.5 Å². The summed E-state index contributed by atoms with van der Waals surface area (Å²) in [5.41, 5.74) is 1.82. The van der Waals surface area contributed by atoms with E-state index in [0.29, 0.717) is 5.76 Å². The van der Waals surface area contributed by atoms with E-state index in [1.54, 1.807) is 6.08 Å². The average molecular weight is 226 g/mol. The molecule has 0 amide bonds. The lowest BCUT2D eigenvalue weighted by Gasteiger charge is -2.29. The van der Waals surface area contributed by atoms with Crippen LogP contribution in [0, 0.1) is 0 Å². The quantitative estimate of drug-likeness (QED) is 0.735. The van der Waals surface area contributed by atoms with Gasteiger partial charge in [-0.15, -0.1) is 0 Å². The van der Waals surface area contributed by atoms with E-state index in [0.717, 1.165) is 30.4 Å². The topological polar surface area (TPSA) is 26.3 Å². The molecule has 0 saturated carbocycles. The SMILES string of the molecule is O=C1C=C(c2ccccc2)OC2CCCC=C12. The van der Waals surface area contributed by atoms with Crippen molar-refractivity contribution in [3.63, 3.8) is 0 Å². The summed E-state index contributed by atoms with van der Waals surface area (Å²) in [7, 11) is 0. The third-order valence-corrected chi connectivity index (χ3v) is 3.26. The van der Waals surface area contributed by atoms with Gasteiger partial charge in [0.05, 0.1) is 0 Å². The van der Waals surface area contributed by atoms with Crippen LogP contribution in [0.2, 0.25) is 0 Å². The predicted molar refractivity (Wildman–Crippen MR) is 66.2 cm³/mol. The number of benzene rings is 1. The maximum absolute atomic E-state index is 12.0. The number of carbonyl (C=O) groups excluding carboxylic acids is 1. The minimum Gasteiger partial charge on any atom is -0.485 e. The van der Waals surface area contributed by atoms with Gasteiger partial charge in [0.1, 0.15) is 11.9 Å². The maximum atomic E-state index is 12.0. The van der Waals surface area contributed by atoms with E-state index in [-0.39, 0.29) is 11.9 Å². The number of ketones is 1. The van der Waals surface area contributed by atoms with Crippen molar-refractivity contribution in [3.8, 4) is 0 Å². The zero-order chi connectivity index (χ0) is 11.7. The van der Waals surface area contributed by atoms with Crippen LogP contribution in [0.25, 0.3) is 5.76 Å². The van der Waals surface area contributed by atoms with Crippen LogP contribution >= 0.6 is 0 Å². The first kappa shape index (κ1) is 10.3. The summed E-state index contributed by atoms with van der Waals surface area (Å²) >= 11 is 0. The summed E-state index contributed by atoms with van der Waals surface area (Å²) < 4.78 is 5.92. The minimum atomic E-state index is -0.0311. The monoisotopic (exact) mass is 226 g/mol. The molecule has 0 bridgehead atoms. The van der Waals surface area contributed by atoms with Crippen molar-refractivity contribution in [2.24, 2.45) is 0 Å². The van der Waals surface area contributed by atoms with Crippen molar-refractivity contribution in [1.29, 1.82) is 0 Å². The van der Waals surface area contributed by atoms with Crippen LogP contribution in [0.3, 0.4) is 0 Å². The molecule has 3 rings (SSSR count). The lowest BCUT2D eigenvalue weighted by molar-refractivity contribution is -0.113. The van der Waals surface area contributed by atoms with Crippen molar-refractivity contribution in [3.05, 3.63) is 53.6 Å². The molecular weight excluding hydrogens is 212 g/mol. The summed E-state index contributed by atoms with van der Waals surface area (Å²) in [6, 6.07) is 9.81. The van der Waals surface area contributed by atoms with E-state index in [1.165, 1.54) is 0 Å². The Morgan fingerprint density at radius 3 is 2.82 bits per heavy atom. The van der Waals surface area contributed by atoms with E-state index in [1.807, 2.05) is 36.4 Å². The van der Waals surface area contributed by atoms with Gasteiger partial charge in [0.2, 0.25) is 0 Å². The Kier molecular flexibility index (Phi) is 2.56. The lowest BCUT2D eigenvalue weighted by Crippen LogP contribution is -2.27. The molecule has 1 aromatic rings. The Hall–Kier alpha value is -1.83. The molecule has 0 fully saturated rings. The van der Waals surface area contributed by atoms with E-state index < -0.39 is 0 Å². The third-order valence-electron chi connectivity index (χ3n) is 3.26. The highest BCUT2D eigenvalue weighted by molar-refractivity contribution is 6.09. The number of hydrogen-bond donors (Lipinski definition) is 0. The Morgan fingerprint density at radius 1 is 1.18 bits per heavy atom. The van der Waals surface area contributed by atoms with Crippen LogP contribution in [-0.4, -0.2) is 11.9 Å². The molecule has 1 atom stereocenters. The Bertz CT molecular complexity index is 497. The van der Waals surface area contributed by atoms with Crippen LogP contribution < -0.4 is 0 Å². The van der Waals surface area contributed by atoms with Gasteiger partial charge < -0.3 is 4.74 Å². The number of allylic oxidation sites excluding steroid dienone is 2. The highest BCUT2D eigenvalue weighted by Crippen LogP contribution is 2.32. The number of hydrogen-bond acceptors (Lipinski definition) is 2. The lowest BCUT2D eigenvalue weighted by atomic mass is 9.90. The first-order valence-electron chi connectivity index (χ1n) is 6.03. The highest BCUT2D eigenvalue weighted by Gasteiger charge is 2.29. The van der Waals surface area contributed by atoms with Gasteiger partial charge in [0, 0.05) is 17.2 Å². The molecular formula is C15H14O2. The second-order valence-corrected chi connectivity index (χ2v) is 4.44. The third kappa shape index (κ3) is 1.91. The van der Waals surface area contributed by atoms with Gasteiger partial charge in [-0.1, -0.05) is 36.4 Å². The molecule has 0 radical (unpaired) electrons. The van der Waals surface area contributed by atoms with E-state index in [2.05, 4.69) is 0 Å². The summed E-state index contributed by atoms with van der Waals surface area (Å²) in [6.07, 6.45) is 6.65. The van der Waals surface area contributed by atoms with Crippen molar-refractivity contribution in [2.75, 3.05) is 0 Å².